The molecule has 1 aromatic rings. The van der Waals surface area contributed by atoms with E-state index in [-0.39, 0.29) is 5.91 Å². The summed E-state index contributed by atoms with van der Waals surface area (Å²) < 4.78 is 4.01. The van der Waals surface area contributed by atoms with Crippen LogP contribution in [-0.4, -0.2) is 27.9 Å². The molecule has 0 spiro atoms. The third-order valence-electron chi connectivity index (χ3n) is 2.61. The molecule has 1 aromatic heterocycles. The second-order valence-electron chi connectivity index (χ2n) is 4.51. The summed E-state index contributed by atoms with van der Waals surface area (Å²) in [5, 5.41) is 13.3. The molecule has 0 aliphatic carbocycles. The minimum atomic E-state index is -0.861. The number of amides is 1. The lowest BCUT2D eigenvalue weighted by molar-refractivity contribution is -0.147. The van der Waals surface area contributed by atoms with E-state index < -0.39 is 11.4 Å². The van der Waals surface area contributed by atoms with E-state index in [1.807, 2.05) is 0 Å². The van der Waals surface area contributed by atoms with Gasteiger partial charge in [-0.15, -0.1) is 0 Å². The Bertz CT molecular complexity index is 426. The van der Waals surface area contributed by atoms with Gasteiger partial charge in [-0.25, -0.2) is 0 Å². The predicted octanol–water partition coefficient (Wildman–Crippen LogP) is 1.68. The lowest BCUT2D eigenvalue weighted by Crippen LogP contribution is -2.32. The van der Waals surface area contributed by atoms with Crippen molar-refractivity contribution in [3.63, 3.8) is 0 Å². The molecule has 17 heavy (non-hydrogen) atoms. The Balaban J connectivity index is 2.46. The van der Waals surface area contributed by atoms with Gasteiger partial charge in [-0.3, -0.25) is 9.59 Å². The van der Waals surface area contributed by atoms with Crippen molar-refractivity contribution in [3.8, 4) is 0 Å². The molecule has 0 unspecified atom stereocenters. The smallest absolute Gasteiger partial charge is 0.309 e. The first-order chi connectivity index (χ1) is 7.84. The molecule has 0 aromatic carbocycles. The number of aliphatic carboxylic acids is 1. The summed E-state index contributed by atoms with van der Waals surface area (Å²) in [4.78, 5) is 22.5. The molecule has 94 valence electrons. The molecule has 1 rings (SSSR count). The number of aryl methyl sites for hydroxylation is 1. The van der Waals surface area contributed by atoms with Crippen molar-refractivity contribution in [2.45, 2.75) is 27.2 Å². The number of carboxylic acids is 1. The SMILES string of the molecule is Cc1nscc1C(=O)NCCC(C)(C)C(=O)O. The van der Waals surface area contributed by atoms with Crippen LogP contribution in [0.3, 0.4) is 0 Å². The van der Waals surface area contributed by atoms with Crippen LogP contribution in [0.15, 0.2) is 5.38 Å². The zero-order chi connectivity index (χ0) is 13.1. The fourth-order valence-corrected chi connectivity index (χ4v) is 1.89. The van der Waals surface area contributed by atoms with Crippen LogP contribution in [0.25, 0.3) is 0 Å². The number of nitrogens with zero attached hydrogens (tertiary/aromatic N) is 1. The Morgan fingerprint density at radius 3 is 2.65 bits per heavy atom. The first-order valence-electron chi connectivity index (χ1n) is 5.27. The maximum Gasteiger partial charge on any atom is 0.309 e. The van der Waals surface area contributed by atoms with Crippen molar-refractivity contribution in [1.29, 1.82) is 0 Å². The minimum Gasteiger partial charge on any atom is -0.481 e. The predicted molar refractivity (Wildman–Crippen MR) is 65.2 cm³/mol. The number of nitrogens with one attached hydrogen (secondary N) is 1. The Kier molecular flexibility index (Phi) is 4.22. The Labute approximate surface area is 104 Å². The van der Waals surface area contributed by atoms with Crippen LogP contribution in [0, 0.1) is 12.3 Å². The zero-order valence-corrected chi connectivity index (χ0v) is 10.9. The average molecular weight is 256 g/mol. The highest BCUT2D eigenvalue weighted by atomic mass is 32.1. The van der Waals surface area contributed by atoms with Gasteiger partial charge in [-0.05, 0) is 38.7 Å². The molecular weight excluding hydrogens is 240 g/mol. The summed E-state index contributed by atoms with van der Waals surface area (Å²) >= 11 is 1.23. The molecule has 0 fully saturated rings. The summed E-state index contributed by atoms with van der Waals surface area (Å²) in [7, 11) is 0. The van der Waals surface area contributed by atoms with Crippen LogP contribution in [-0.2, 0) is 4.79 Å². The number of carbonyl (C=O) groups excluding carboxylic acids is 1. The summed E-state index contributed by atoms with van der Waals surface area (Å²) in [5.41, 5.74) is 0.433. The number of rotatable bonds is 5. The van der Waals surface area contributed by atoms with E-state index in [0.717, 1.165) is 0 Å². The third-order valence-corrected chi connectivity index (χ3v) is 3.33. The van der Waals surface area contributed by atoms with Crippen LogP contribution >= 0.6 is 11.5 Å². The Morgan fingerprint density at radius 2 is 2.18 bits per heavy atom. The number of hydrogen-bond donors (Lipinski definition) is 2. The number of carbonyl (C=O) groups is 2. The van der Waals surface area contributed by atoms with Crippen molar-refractivity contribution in [2.75, 3.05) is 6.54 Å². The van der Waals surface area contributed by atoms with Crippen LogP contribution in [0.5, 0.6) is 0 Å². The van der Waals surface area contributed by atoms with Gasteiger partial charge < -0.3 is 10.4 Å². The fourth-order valence-electron chi connectivity index (χ4n) is 1.20. The van der Waals surface area contributed by atoms with Gasteiger partial charge in [0.05, 0.1) is 16.7 Å². The van der Waals surface area contributed by atoms with E-state index in [2.05, 4.69) is 9.69 Å². The number of hydrogen-bond acceptors (Lipinski definition) is 4. The molecule has 0 aliphatic heterocycles. The van der Waals surface area contributed by atoms with Gasteiger partial charge in [0.2, 0.25) is 0 Å². The number of aromatic nitrogens is 1. The quantitative estimate of drug-likeness (QED) is 0.840. The molecule has 0 radical (unpaired) electrons. The van der Waals surface area contributed by atoms with Crippen molar-refractivity contribution in [2.24, 2.45) is 5.41 Å². The lowest BCUT2D eigenvalue weighted by Gasteiger charge is -2.18. The fraction of sp³-hybridized carbons (Fsp3) is 0.545. The molecule has 5 nitrogen and oxygen atoms in total. The largest absolute Gasteiger partial charge is 0.481 e. The molecule has 0 saturated carbocycles. The van der Waals surface area contributed by atoms with Gasteiger partial charge in [-0.1, -0.05) is 0 Å². The van der Waals surface area contributed by atoms with Gasteiger partial charge in [0.15, 0.2) is 0 Å². The lowest BCUT2D eigenvalue weighted by atomic mass is 9.90. The van der Waals surface area contributed by atoms with E-state index in [9.17, 15) is 9.59 Å². The summed E-state index contributed by atoms with van der Waals surface area (Å²) in [6.45, 7) is 5.39. The van der Waals surface area contributed by atoms with Crippen molar-refractivity contribution in [3.05, 3.63) is 16.6 Å². The van der Waals surface area contributed by atoms with E-state index in [1.54, 1.807) is 26.2 Å². The third kappa shape index (κ3) is 3.52. The minimum absolute atomic E-state index is 0.197. The van der Waals surface area contributed by atoms with Gasteiger partial charge in [-0.2, -0.15) is 4.37 Å². The maximum atomic E-state index is 11.7. The zero-order valence-electron chi connectivity index (χ0n) is 10.1. The molecule has 0 aliphatic rings. The molecule has 0 atom stereocenters. The standard InChI is InChI=1S/C11H16N2O3S/c1-7-8(6-17-13-7)9(14)12-5-4-11(2,3)10(15)16/h6H,4-5H2,1-3H3,(H,12,14)(H,15,16). The van der Waals surface area contributed by atoms with Crippen LogP contribution in [0.1, 0.15) is 36.3 Å². The van der Waals surface area contributed by atoms with Gasteiger partial charge in [0.25, 0.3) is 5.91 Å². The molecule has 1 heterocycles. The first kappa shape index (κ1) is 13.6. The highest BCUT2D eigenvalue weighted by Crippen LogP contribution is 2.19. The average Bonchev–Trinajstić information content (AvgIpc) is 2.63. The normalized spacial score (nSPS) is 11.2. The maximum absolute atomic E-state index is 11.7. The highest BCUT2D eigenvalue weighted by Gasteiger charge is 2.26. The van der Waals surface area contributed by atoms with Crippen molar-refractivity contribution >= 4 is 23.4 Å². The van der Waals surface area contributed by atoms with E-state index >= 15 is 0 Å². The molecule has 0 bridgehead atoms. The molecular formula is C11H16N2O3S. The number of carboxylic acid groups (broad SMARTS) is 1. The Hall–Kier alpha value is -1.43. The van der Waals surface area contributed by atoms with Crippen LogP contribution in [0.4, 0.5) is 0 Å². The van der Waals surface area contributed by atoms with E-state index in [4.69, 9.17) is 5.11 Å². The topological polar surface area (TPSA) is 79.3 Å². The second-order valence-corrected chi connectivity index (χ2v) is 5.14. The van der Waals surface area contributed by atoms with Crippen molar-refractivity contribution in [1.82, 2.24) is 9.69 Å². The van der Waals surface area contributed by atoms with Crippen LogP contribution in [0.2, 0.25) is 0 Å². The molecule has 1 amide bonds. The van der Waals surface area contributed by atoms with Gasteiger partial charge >= 0.3 is 5.97 Å². The van der Waals surface area contributed by atoms with Gasteiger partial charge in [0.1, 0.15) is 0 Å². The highest BCUT2D eigenvalue weighted by molar-refractivity contribution is 7.03. The van der Waals surface area contributed by atoms with Crippen LogP contribution < -0.4 is 5.32 Å². The molecule has 0 saturated heterocycles. The first-order valence-corrected chi connectivity index (χ1v) is 6.11. The van der Waals surface area contributed by atoms with E-state index in [0.29, 0.717) is 24.2 Å². The summed E-state index contributed by atoms with van der Waals surface area (Å²) in [5.74, 6) is -1.06. The second kappa shape index (κ2) is 5.27. The summed E-state index contributed by atoms with van der Waals surface area (Å²) in [6, 6.07) is 0. The monoisotopic (exact) mass is 256 g/mol. The Morgan fingerprint density at radius 1 is 1.53 bits per heavy atom. The molecule has 2 N–H and O–H groups in total. The van der Waals surface area contributed by atoms with Crippen molar-refractivity contribution < 1.29 is 14.7 Å². The van der Waals surface area contributed by atoms with Gasteiger partial charge in [0, 0.05) is 11.9 Å². The molecule has 6 heteroatoms. The summed E-state index contributed by atoms with van der Waals surface area (Å²) in [6.07, 6.45) is 0.394. The van der Waals surface area contributed by atoms with E-state index in [1.165, 1.54) is 11.5 Å².